The maximum atomic E-state index is 12.9. The highest BCUT2D eigenvalue weighted by atomic mass is 16.3. The summed E-state index contributed by atoms with van der Waals surface area (Å²) in [5.41, 5.74) is 7.31. The summed E-state index contributed by atoms with van der Waals surface area (Å²) >= 11 is 0. The molecule has 5 nitrogen and oxygen atoms in total. The van der Waals surface area contributed by atoms with Gasteiger partial charge in [0, 0.05) is 10.9 Å². The van der Waals surface area contributed by atoms with Gasteiger partial charge in [0.05, 0.1) is 23.0 Å². The first-order chi connectivity index (χ1) is 14.1. The SMILES string of the molecule is Cc1cccc(-c2cc(C(=O)N/N=C/c3cccc(O)c3)c3ccccc3n2)c1. The molecule has 1 aromatic heterocycles. The van der Waals surface area contributed by atoms with Crippen LogP contribution in [0.2, 0.25) is 0 Å². The van der Waals surface area contributed by atoms with Gasteiger partial charge >= 0.3 is 0 Å². The van der Waals surface area contributed by atoms with Crippen molar-refractivity contribution in [2.45, 2.75) is 6.92 Å². The third-order valence-electron chi connectivity index (χ3n) is 4.52. The van der Waals surface area contributed by atoms with E-state index in [0.717, 1.165) is 27.7 Å². The number of nitrogens with zero attached hydrogens (tertiary/aromatic N) is 2. The number of carbonyl (C=O) groups excluding carboxylic acids is 1. The van der Waals surface area contributed by atoms with Crippen molar-refractivity contribution in [3.8, 4) is 17.0 Å². The lowest BCUT2D eigenvalue weighted by atomic mass is 10.0. The van der Waals surface area contributed by atoms with Gasteiger partial charge in [-0.05, 0) is 42.8 Å². The third-order valence-corrected chi connectivity index (χ3v) is 4.52. The zero-order chi connectivity index (χ0) is 20.2. The van der Waals surface area contributed by atoms with Crippen molar-refractivity contribution < 1.29 is 9.90 Å². The van der Waals surface area contributed by atoms with Crippen LogP contribution in [0.25, 0.3) is 22.2 Å². The molecule has 29 heavy (non-hydrogen) atoms. The fourth-order valence-corrected chi connectivity index (χ4v) is 3.15. The Morgan fingerprint density at radius 2 is 1.83 bits per heavy atom. The Morgan fingerprint density at radius 1 is 1.00 bits per heavy atom. The number of hydrogen-bond acceptors (Lipinski definition) is 4. The molecule has 0 radical (unpaired) electrons. The van der Waals surface area contributed by atoms with Crippen LogP contribution in [0.3, 0.4) is 0 Å². The molecule has 4 rings (SSSR count). The molecule has 0 bridgehead atoms. The first-order valence-corrected chi connectivity index (χ1v) is 9.19. The average molecular weight is 381 g/mol. The number of aromatic hydroxyl groups is 1. The second kappa shape index (κ2) is 7.94. The molecular formula is C24H19N3O2. The van der Waals surface area contributed by atoms with Gasteiger partial charge in [-0.2, -0.15) is 5.10 Å². The quantitative estimate of drug-likeness (QED) is 0.398. The minimum absolute atomic E-state index is 0.142. The number of pyridine rings is 1. The van der Waals surface area contributed by atoms with Crippen LogP contribution < -0.4 is 5.43 Å². The lowest BCUT2D eigenvalue weighted by Crippen LogP contribution is -2.18. The predicted octanol–water partition coefficient (Wildman–Crippen LogP) is 4.68. The zero-order valence-corrected chi connectivity index (χ0v) is 15.8. The first-order valence-electron chi connectivity index (χ1n) is 9.19. The van der Waals surface area contributed by atoms with Crippen LogP contribution >= 0.6 is 0 Å². The number of amides is 1. The molecule has 142 valence electrons. The maximum Gasteiger partial charge on any atom is 0.272 e. The zero-order valence-electron chi connectivity index (χ0n) is 15.8. The number of phenolic OH excluding ortho intramolecular Hbond substituents is 1. The molecular weight excluding hydrogens is 362 g/mol. The standard InChI is InChI=1S/C24H19N3O2/c1-16-6-4-8-18(12-16)23-14-21(20-10-2-3-11-22(20)26-23)24(29)27-25-15-17-7-5-9-19(28)13-17/h2-15,28H,1H3,(H,27,29)/b25-15+. The van der Waals surface area contributed by atoms with Gasteiger partial charge in [-0.1, -0.05) is 54.1 Å². The van der Waals surface area contributed by atoms with Gasteiger partial charge in [0.1, 0.15) is 5.75 Å². The summed E-state index contributed by atoms with van der Waals surface area (Å²) in [7, 11) is 0. The Bertz CT molecular complexity index is 1230. The van der Waals surface area contributed by atoms with Crippen LogP contribution in [0.1, 0.15) is 21.5 Å². The van der Waals surface area contributed by atoms with Crippen LogP contribution in [0, 0.1) is 6.92 Å². The fraction of sp³-hybridized carbons (Fsp3) is 0.0417. The van der Waals surface area contributed by atoms with E-state index in [2.05, 4.69) is 10.5 Å². The van der Waals surface area contributed by atoms with Crippen LogP contribution in [0.4, 0.5) is 0 Å². The number of para-hydroxylation sites is 1. The highest BCUT2D eigenvalue weighted by molar-refractivity contribution is 6.07. The van der Waals surface area contributed by atoms with Gasteiger partial charge in [-0.3, -0.25) is 4.79 Å². The second-order valence-electron chi connectivity index (χ2n) is 6.74. The predicted molar refractivity (Wildman–Crippen MR) is 115 cm³/mol. The van der Waals surface area contributed by atoms with Crippen LogP contribution in [-0.4, -0.2) is 22.2 Å². The summed E-state index contributed by atoms with van der Waals surface area (Å²) in [6.45, 7) is 2.02. The lowest BCUT2D eigenvalue weighted by molar-refractivity contribution is 0.0956. The number of aryl methyl sites for hydroxylation is 1. The topological polar surface area (TPSA) is 74.6 Å². The van der Waals surface area contributed by atoms with Gasteiger partial charge in [0.2, 0.25) is 0 Å². The molecule has 4 aromatic rings. The van der Waals surface area contributed by atoms with Crippen molar-refractivity contribution in [3.63, 3.8) is 0 Å². The van der Waals surface area contributed by atoms with E-state index in [4.69, 9.17) is 4.98 Å². The van der Waals surface area contributed by atoms with E-state index in [1.165, 1.54) is 6.21 Å². The Balaban J connectivity index is 1.69. The Kier molecular flexibility index (Phi) is 5.03. The summed E-state index contributed by atoms with van der Waals surface area (Å²) in [6, 6.07) is 24.0. The van der Waals surface area contributed by atoms with Gasteiger partial charge < -0.3 is 5.11 Å². The van der Waals surface area contributed by atoms with Crippen molar-refractivity contribution in [2.75, 3.05) is 0 Å². The number of hydrogen-bond donors (Lipinski definition) is 2. The van der Waals surface area contributed by atoms with Crippen LogP contribution in [-0.2, 0) is 0 Å². The van der Waals surface area contributed by atoms with E-state index < -0.39 is 0 Å². The second-order valence-corrected chi connectivity index (χ2v) is 6.74. The van der Waals surface area contributed by atoms with Gasteiger partial charge in [0.25, 0.3) is 5.91 Å². The van der Waals surface area contributed by atoms with Crippen molar-refractivity contribution in [2.24, 2.45) is 5.10 Å². The van der Waals surface area contributed by atoms with E-state index in [1.54, 1.807) is 30.3 Å². The molecule has 1 amide bonds. The van der Waals surface area contributed by atoms with Gasteiger partial charge in [0.15, 0.2) is 0 Å². The minimum atomic E-state index is -0.325. The number of carbonyl (C=O) groups is 1. The monoisotopic (exact) mass is 381 g/mol. The van der Waals surface area contributed by atoms with Crippen molar-refractivity contribution in [3.05, 3.63) is 95.6 Å². The van der Waals surface area contributed by atoms with Crippen molar-refractivity contribution in [1.29, 1.82) is 0 Å². The molecule has 5 heteroatoms. The number of nitrogens with one attached hydrogen (secondary N) is 1. The summed E-state index contributed by atoms with van der Waals surface area (Å²) < 4.78 is 0. The van der Waals surface area contributed by atoms with Gasteiger partial charge in [-0.15, -0.1) is 0 Å². The summed E-state index contributed by atoms with van der Waals surface area (Å²) in [5.74, 6) is -0.183. The van der Waals surface area contributed by atoms with E-state index >= 15 is 0 Å². The van der Waals surface area contributed by atoms with E-state index in [-0.39, 0.29) is 11.7 Å². The van der Waals surface area contributed by atoms with E-state index in [0.29, 0.717) is 11.1 Å². The number of rotatable bonds is 4. The molecule has 1 heterocycles. The molecule has 0 saturated heterocycles. The molecule has 0 fully saturated rings. The summed E-state index contributed by atoms with van der Waals surface area (Å²) in [6.07, 6.45) is 1.49. The number of phenols is 1. The minimum Gasteiger partial charge on any atom is -0.508 e. The summed E-state index contributed by atoms with van der Waals surface area (Å²) in [4.78, 5) is 17.6. The fourth-order valence-electron chi connectivity index (χ4n) is 3.15. The Morgan fingerprint density at radius 3 is 2.66 bits per heavy atom. The Hall–Kier alpha value is -3.99. The van der Waals surface area contributed by atoms with Crippen LogP contribution in [0.15, 0.2) is 84.0 Å². The molecule has 0 unspecified atom stereocenters. The first kappa shape index (κ1) is 18.4. The molecule has 2 N–H and O–H groups in total. The lowest BCUT2D eigenvalue weighted by Gasteiger charge is -2.09. The highest BCUT2D eigenvalue weighted by Gasteiger charge is 2.13. The Labute approximate surface area is 168 Å². The molecule has 0 spiro atoms. The molecule has 0 aliphatic heterocycles. The number of fused-ring (bicyclic) bond motifs is 1. The average Bonchev–Trinajstić information content (AvgIpc) is 2.73. The molecule has 3 aromatic carbocycles. The maximum absolute atomic E-state index is 12.9. The number of hydrazone groups is 1. The molecule has 0 aliphatic carbocycles. The number of benzene rings is 3. The third kappa shape index (κ3) is 4.14. The molecule has 0 aliphatic rings. The van der Waals surface area contributed by atoms with Crippen LogP contribution in [0.5, 0.6) is 5.75 Å². The van der Waals surface area contributed by atoms with E-state index in [1.807, 2.05) is 55.5 Å². The molecule has 0 saturated carbocycles. The highest BCUT2D eigenvalue weighted by Crippen LogP contribution is 2.25. The van der Waals surface area contributed by atoms with Gasteiger partial charge in [-0.25, -0.2) is 10.4 Å². The largest absolute Gasteiger partial charge is 0.508 e. The molecule has 0 atom stereocenters. The normalized spacial score (nSPS) is 11.1. The smallest absolute Gasteiger partial charge is 0.272 e. The van der Waals surface area contributed by atoms with Crippen molar-refractivity contribution >= 4 is 23.0 Å². The van der Waals surface area contributed by atoms with E-state index in [9.17, 15) is 9.90 Å². The number of aromatic nitrogens is 1. The van der Waals surface area contributed by atoms with Crippen molar-refractivity contribution in [1.82, 2.24) is 10.4 Å². The summed E-state index contributed by atoms with van der Waals surface area (Å²) in [5, 5.41) is 14.3.